The number of rotatable bonds is 3. The van der Waals surface area contributed by atoms with Gasteiger partial charge in [0, 0.05) is 13.3 Å². The fourth-order valence-corrected chi connectivity index (χ4v) is 1.35. The van der Waals surface area contributed by atoms with Crippen LogP contribution in [0.5, 0.6) is 0 Å². The molecule has 0 aliphatic carbocycles. The van der Waals surface area contributed by atoms with Gasteiger partial charge in [-0.05, 0) is 12.1 Å². The number of hydrogen-bond acceptors (Lipinski definition) is 4. The summed E-state index contributed by atoms with van der Waals surface area (Å²) in [5.74, 6) is -0.112. The van der Waals surface area contributed by atoms with Crippen LogP contribution in [0, 0.1) is 0 Å². The number of hydrogen-bond donors (Lipinski definition) is 0. The van der Waals surface area contributed by atoms with Gasteiger partial charge in [-0.1, -0.05) is 12.1 Å². The number of fused-ring (bicyclic) bond motifs is 1. The fourth-order valence-electron chi connectivity index (χ4n) is 1.35. The number of aromatic nitrogens is 1. The molecule has 0 amide bonds. The molecule has 0 aliphatic rings. The molecule has 4 heteroatoms. The maximum atomic E-state index is 10.8. The zero-order valence-corrected chi connectivity index (χ0v) is 8.25. The third-order valence-electron chi connectivity index (χ3n) is 2.05. The molecule has 2 rings (SSSR count). The van der Waals surface area contributed by atoms with Gasteiger partial charge in [-0.25, -0.2) is 4.98 Å². The highest BCUT2D eigenvalue weighted by molar-refractivity contribution is 5.87. The van der Waals surface area contributed by atoms with Gasteiger partial charge in [-0.3, -0.25) is 4.99 Å². The predicted octanol–water partition coefficient (Wildman–Crippen LogP) is 1.81. The van der Waals surface area contributed by atoms with Crippen molar-refractivity contribution < 1.29 is 9.21 Å². The Hall–Kier alpha value is -1.97. The molecule has 1 aromatic carbocycles. The smallest absolute Gasteiger partial charge is 0.211 e. The first-order valence-corrected chi connectivity index (χ1v) is 4.58. The van der Waals surface area contributed by atoms with E-state index in [1.807, 2.05) is 24.3 Å². The van der Waals surface area contributed by atoms with Crippen molar-refractivity contribution >= 4 is 23.6 Å². The van der Waals surface area contributed by atoms with Crippen LogP contribution < -0.4 is 0 Å². The van der Waals surface area contributed by atoms with Crippen molar-refractivity contribution in [2.45, 2.75) is 5.92 Å². The Kier molecular flexibility index (Phi) is 2.58. The monoisotopic (exact) mass is 202 g/mol. The number of benzene rings is 1. The van der Waals surface area contributed by atoms with E-state index in [1.54, 1.807) is 7.05 Å². The Morgan fingerprint density at radius 3 is 2.93 bits per heavy atom. The third-order valence-corrected chi connectivity index (χ3v) is 2.05. The van der Waals surface area contributed by atoms with E-state index in [-0.39, 0.29) is 0 Å². The third kappa shape index (κ3) is 1.79. The number of carbonyl (C=O) groups is 1. The number of aldehydes is 1. The first kappa shape index (κ1) is 9.58. The van der Waals surface area contributed by atoms with Crippen LogP contribution in [-0.4, -0.2) is 24.5 Å². The molecule has 0 aliphatic heterocycles. The van der Waals surface area contributed by atoms with Crippen molar-refractivity contribution in [2.75, 3.05) is 7.05 Å². The van der Waals surface area contributed by atoms with Gasteiger partial charge in [0.15, 0.2) is 5.58 Å². The second kappa shape index (κ2) is 4.04. The highest BCUT2D eigenvalue weighted by atomic mass is 16.3. The van der Waals surface area contributed by atoms with Gasteiger partial charge in [0.2, 0.25) is 5.89 Å². The van der Waals surface area contributed by atoms with Crippen LogP contribution in [-0.2, 0) is 4.79 Å². The molecular weight excluding hydrogens is 192 g/mol. The predicted molar refractivity (Wildman–Crippen MR) is 57.2 cm³/mol. The van der Waals surface area contributed by atoms with E-state index in [0.29, 0.717) is 11.5 Å². The van der Waals surface area contributed by atoms with E-state index >= 15 is 0 Å². The number of para-hydroxylation sites is 2. The van der Waals surface area contributed by atoms with Gasteiger partial charge in [0.05, 0.1) is 0 Å². The van der Waals surface area contributed by atoms with Gasteiger partial charge >= 0.3 is 0 Å². The van der Waals surface area contributed by atoms with Gasteiger partial charge in [-0.15, -0.1) is 0 Å². The van der Waals surface area contributed by atoms with Crippen LogP contribution in [0.3, 0.4) is 0 Å². The van der Waals surface area contributed by atoms with Gasteiger partial charge in [0.1, 0.15) is 17.7 Å². The number of aliphatic imine (C=N–C) groups is 1. The van der Waals surface area contributed by atoms with Crippen LogP contribution in [0.4, 0.5) is 0 Å². The molecule has 0 radical (unpaired) electrons. The molecule has 0 bridgehead atoms. The first-order valence-electron chi connectivity index (χ1n) is 4.58. The van der Waals surface area contributed by atoms with E-state index in [9.17, 15) is 4.79 Å². The lowest BCUT2D eigenvalue weighted by Crippen LogP contribution is -2.01. The van der Waals surface area contributed by atoms with Crippen molar-refractivity contribution in [3.8, 4) is 0 Å². The SMILES string of the molecule is CN=CC(C=O)c1nc2ccccc2o1. The van der Waals surface area contributed by atoms with E-state index < -0.39 is 5.92 Å². The molecule has 76 valence electrons. The maximum absolute atomic E-state index is 10.8. The Labute approximate surface area is 86.6 Å². The second-order valence-corrected chi connectivity index (χ2v) is 3.09. The normalized spacial score (nSPS) is 13.4. The lowest BCUT2D eigenvalue weighted by Gasteiger charge is -1.95. The van der Waals surface area contributed by atoms with E-state index in [1.165, 1.54) is 6.21 Å². The summed E-state index contributed by atoms with van der Waals surface area (Å²) in [6.45, 7) is 0. The molecule has 1 unspecified atom stereocenters. The second-order valence-electron chi connectivity index (χ2n) is 3.09. The largest absolute Gasteiger partial charge is 0.440 e. The summed E-state index contributed by atoms with van der Waals surface area (Å²) in [5.41, 5.74) is 1.44. The lowest BCUT2D eigenvalue weighted by atomic mass is 10.2. The number of oxazole rings is 1. The summed E-state index contributed by atoms with van der Waals surface area (Å²) in [7, 11) is 1.61. The Balaban J connectivity index is 2.47. The molecule has 0 saturated carbocycles. The molecule has 1 aromatic heterocycles. The topological polar surface area (TPSA) is 55.5 Å². The minimum absolute atomic E-state index is 0.386. The summed E-state index contributed by atoms with van der Waals surface area (Å²) in [5, 5.41) is 0. The van der Waals surface area contributed by atoms with Crippen molar-refractivity contribution in [1.82, 2.24) is 4.98 Å². The van der Waals surface area contributed by atoms with Gasteiger partial charge in [0.25, 0.3) is 0 Å². The average Bonchev–Trinajstić information content (AvgIpc) is 2.69. The molecule has 2 aromatic rings. The summed E-state index contributed by atoms with van der Waals surface area (Å²) >= 11 is 0. The summed E-state index contributed by atoms with van der Waals surface area (Å²) in [4.78, 5) is 18.8. The lowest BCUT2D eigenvalue weighted by molar-refractivity contribution is -0.108. The van der Waals surface area contributed by atoms with Gasteiger partial charge < -0.3 is 9.21 Å². The Morgan fingerprint density at radius 1 is 1.47 bits per heavy atom. The summed E-state index contributed by atoms with van der Waals surface area (Å²) in [6, 6.07) is 7.39. The fraction of sp³-hybridized carbons (Fsp3) is 0.182. The molecule has 1 heterocycles. The van der Waals surface area contributed by atoms with Crippen LogP contribution in [0.25, 0.3) is 11.1 Å². The summed E-state index contributed by atoms with van der Waals surface area (Å²) in [6.07, 6.45) is 2.27. The first-order chi connectivity index (χ1) is 7.35. The van der Waals surface area contributed by atoms with Crippen molar-refractivity contribution in [2.24, 2.45) is 4.99 Å². The minimum Gasteiger partial charge on any atom is -0.440 e. The molecule has 1 atom stereocenters. The van der Waals surface area contributed by atoms with Crippen LogP contribution in [0.2, 0.25) is 0 Å². The maximum Gasteiger partial charge on any atom is 0.211 e. The van der Waals surface area contributed by atoms with Crippen LogP contribution in [0.15, 0.2) is 33.7 Å². The van der Waals surface area contributed by atoms with Crippen LogP contribution in [0.1, 0.15) is 11.8 Å². The molecule has 4 nitrogen and oxygen atoms in total. The standard InChI is InChI=1S/C11H10N2O2/c1-12-6-8(7-14)11-13-9-4-2-3-5-10(9)15-11/h2-8H,1H3. The average molecular weight is 202 g/mol. The minimum atomic E-state index is -0.498. The van der Waals surface area contributed by atoms with Crippen molar-refractivity contribution in [3.05, 3.63) is 30.2 Å². The Morgan fingerprint density at radius 2 is 2.27 bits per heavy atom. The van der Waals surface area contributed by atoms with E-state index in [0.717, 1.165) is 11.8 Å². The summed E-state index contributed by atoms with van der Waals surface area (Å²) < 4.78 is 5.44. The van der Waals surface area contributed by atoms with Gasteiger partial charge in [-0.2, -0.15) is 0 Å². The zero-order chi connectivity index (χ0) is 10.7. The molecular formula is C11H10N2O2. The van der Waals surface area contributed by atoms with Crippen molar-refractivity contribution in [3.63, 3.8) is 0 Å². The highest BCUT2D eigenvalue weighted by Crippen LogP contribution is 2.19. The molecule has 0 N–H and O–H groups in total. The molecule has 15 heavy (non-hydrogen) atoms. The number of nitrogens with zero attached hydrogens (tertiary/aromatic N) is 2. The van der Waals surface area contributed by atoms with E-state index in [4.69, 9.17) is 4.42 Å². The molecule has 0 fully saturated rings. The van der Waals surface area contributed by atoms with Crippen molar-refractivity contribution in [1.29, 1.82) is 0 Å². The Bertz CT molecular complexity index is 469. The molecule has 0 saturated heterocycles. The zero-order valence-electron chi connectivity index (χ0n) is 8.25. The van der Waals surface area contributed by atoms with Crippen LogP contribution >= 0.6 is 0 Å². The quantitative estimate of drug-likeness (QED) is 0.563. The highest BCUT2D eigenvalue weighted by Gasteiger charge is 2.14. The number of carbonyl (C=O) groups excluding carboxylic acids is 1. The molecule has 0 spiro atoms. The van der Waals surface area contributed by atoms with E-state index in [2.05, 4.69) is 9.98 Å².